The molecule has 0 saturated heterocycles. The molecule has 6 N–H and O–H groups in total. The van der Waals surface area contributed by atoms with E-state index in [1.54, 1.807) is 23.3 Å². The Labute approximate surface area is 179 Å². The van der Waals surface area contributed by atoms with Gasteiger partial charge in [0.2, 0.25) is 0 Å². The molecule has 1 unspecified atom stereocenters. The van der Waals surface area contributed by atoms with Crippen molar-refractivity contribution in [2.45, 2.75) is 37.8 Å². The van der Waals surface area contributed by atoms with Crippen LogP contribution in [0.1, 0.15) is 36.0 Å². The highest BCUT2D eigenvalue weighted by molar-refractivity contribution is 5.98. The summed E-state index contributed by atoms with van der Waals surface area (Å²) in [5, 5.41) is 10.3. The van der Waals surface area contributed by atoms with Crippen molar-refractivity contribution in [3.05, 3.63) is 48.3 Å². The second kappa shape index (κ2) is 8.68. The van der Waals surface area contributed by atoms with Crippen molar-refractivity contribution in [1.82, 2.24) is 19.7 Å². The molecule has 1 amide bonds. The fourth-order valence-electron chi connectivity index (χ4n) is 3.76. The van der Waals surface area contributed by atoms with Gasteiger partial charge in [-0.1, -0.05) is 12.8 Å². The number of hydrogen-bond donors (Lipinski definition) is 4. The molecule has 3 aromatic heterocycles. The molecule has 4 rings (SSSR count). The first-order valence-electron chi connectivity index (χ1n) is 10.1. The molecule has 31 heavy (non-hydrogen) atoms. The van der Waals surface area contributed by atoms with Crippen molar-refractivity contribution in [2.75, 3.05) is 10.6 Å². The number of nitrogens with two attached hydrogens (primary N) is 2. The third-order valence-corrected chi connectivity index (χ3v) is 5.42. The third kappa shape index (κ3) is 4.64. The van der Waals surface area contributed by atoms with Gasteiger partial charge in [-0.05, 0) is 25.0 Å². The zero-order valence-corrected chi connectivity index (χ0v) is 17.2. The Morgan fingerprint density at radius 2 is 1.97 bits per heavy atom. The van der Waals surface area contributed by atoms with Crippen LogP contribution in [-0.4, -0.2) is 37.7 Å². The Morgan fingerprint density at radius 1 is 1.16 bits per heavy atom. The largest absolute Gasteiger partial charge is 0.365 e. The first kappa shape index (κ1) is 20.7. The van der Waals surface area contributed by atoms with E-state index in [4.69, 9.17) is 11.5 Å². The highest BCUT2D eigenvalue weighted by Crippen LogP contribution is 2.28. The normalized spacial score (nSPS) is 18.5. The van der Waals surface area contributed by atoms with Crippen LogP contribution in [0.5, 0.6) is 0 Å². The van der Waals surface area contributed by atoms with Crippen molar-refractivity contribution < 1.29 is 9.18 Å². The molecule has 0 spiro atoms. The van der Waals surface area contributed by atoms with Crippen LogP contribution in [0, 0.1) is 5.82 Å². The predicted octanol–water partition coefficient (Wildman–Crippen LogP) is 2.54. The van der Waals surface area contributed by atoms with Crippen molar-refractivity contribution in [2.24, 2.45) is 18.5 Å². The monoisotopic (exact) mass is 424 g/mol. The van der Waals surface area contributed by atoms with Gasteiger partial charge in [-0.2, -0.15) is 5.10 Å². The highest BCUT2D eigenvalue weighted by atomic mass is 19.1. The van der Waals surface area contributed by atoms with Crippen LogP contribution in [0.25, 0.3) is 11.1 Å². The number of carbonyl (C=O) groups is 1. The van der Waals surface area contributed by atoms with E-state index < -0.39 is 11.7 Å². The molecular weight excluding hydrogens is 399 g/mol. The molecule has 1 saturated carbocycles. The average molecular weight is 424 g/mol. The van der Waals surface area contributed by atoms with Gasteiger partial charge >= 0.3 is 0 Å². The van der Waals surface area contributed by atoms with E-state index in [0.717, 1.165) is 42.9 Å². The molecule has 0 aromatic carbocycles. The number of rotatable bonds is 6. The lowest BCUT2D eigenvalue weighted by atomic mass is 9.91. The second-order valence-electron chi connectivity index (χ2n) is 7.77. The maximum atomic E-state index is 14.7. The lowest BCUT2D eigenvalue weighted by Gasteiger charge is -2.30. The molecule has 0 aliphatic heterocycles. The van der Waals surface area contributed by atoms with Gasteiger partial charge < -0.3 is 22.1 Å². The average Bonchev–Trinajstić information content (AvgIpc) is 3.18. The number of aryl methyl sites for hydroxylation is 1. The summed E-state index contributed by atoms with van der Waals surface area (Å²) in [7, 11) is 1.83. The van der Waals surface area contributed by atoms with Gasteiger partial charge in [0.15, 0.2) is 11.6 Å². The molecule has 2 atom stereocenters. The lowest BCUT2D eigenvalue weighted by molar-refractivity contribution is 0.100. The van der Waals surface area contributed by atoms with E-state index in [1.165, 1.54) is 0 Å². The van der Waals surface area contributed by atoms with Gasteiger partial charge in [0.25, 0.3) is 5.91 Å². The van der Waals surface area contributed by atoms with Crippen molar-refractivity contribution in [1.29, 1.82) is 0 Å². The van der Waals surface area contributed by atoms with Gasteiger partial charge in [-0.25, -0.2) is 9.37 Å². The number of nitrogens with one attached hydrogen (secondary N) is 2. The summed E-state index contributed by atoms with van der Waals surface area (Å²) in [6.07, 6.45) is 10.7. The number of anilines is 3. The minimum absolute atomic E-state index is 0.0335. The van der Waals surface area contributed by atoms with E-state index in [0.29, 0.717) is 5.69 Å². The lowest BCUT2D eigenvalue weighted by Crippen LogP contribution is -2.43. The number of pyridine rings is 2. The van der Waals surface area contributed by atoms with Crippen LogP contribution in [0.4, 0.5) is 21.7 Å². The molecule has 1 aliphatic rings. The van der Waals surface area contributed by atoms with Crippen molar-refractivity contribution in [3.8, 4) is 11.1 Å². The van der Waals surface area contributed by atoms with Gasteiger partial charge in [0, 0.05) is 42.7 Å². The van der Waals surface area contributed by atoms with Crippen molar-refractivity contribution in [3.63, 3.8) is 0 Å². The minimum atomic E-state index is -0.786. The quantitative estimate of drug-likeness (QED) is 0.477. The van der Waals surface area contributed by atoms with E-state index >= 15 is 0 Å². The van der Waals surface area contributed by atoms with Gasteiger partial charge in [0.1, 0.15) is 5.82 Å². The van der Waals surface area contributed by atoms with E-state index in [1.807, 2.05) is 19.3 Å². The third-order valence-electron chi connectivity index (χ3n) is 5.42. The van der Waals surface area contributed by atoms with E-state index in [-0.39, 0.29) is 29.3 Å². The van der Waals surface area contributed by atoms with E-state index in [2.05, 4.69) is 25.7 Å². The minimum Gasteiger partial charge on any atom is -0.365 e. The van der Waals surface area contributed by atoms with E-state index in [9.17, 15) is 9.18 Å². The molecule has 1 fully saturated rings. The zero-order chi connectivity index (χ0) is 22.0. The SMILES string of the molecule is Cn1cc(-c2cncc(Nc3nc(NC4CCCC[C@@H]4N)c(F)cc3C(N)=O)c2)cn1. The molecule has 3 heterocycles. The van der Waals surface area contributed by atoms with Crippen LogP contribution in [-0.2, 0) is 7.05 Å². The number of hydrogen-bond acceptors (Lipinski definition) is 7. The smallest absolute Gasteiger partial charge is 0.252 e. The number of amides is 1. The molecule has 1 aliphatic carbocycles. The Morgan fingerprint density at radius 3 is 2.68 bits per heavy atom. The molecule has 9 nitrogen and oxygen atoms in total. The Balaban J connectivity index is 1.64. The highest BCUT2D eigenvalue weighted by Gasteiger charge is 2.24. The fourth-order valence-corrected chi connectivity index (χ4v) is 3.76. The summed E-state index contributed by atoms with van der Waals surface area (Å²) < 4.78 is 16.4. The Kier molecular flexibility index (Phi) is 5.81. The Bertz CT molecular complexity index is 1100. The second-order valence-corrected chi connectivity index (χ2v) is 7.77. The standard InChI is InChI=1S/C21H25FN8O/c1-30-11-13(9-26-30)12-6-14(10-25-8-12)27-20-15(19(24)31)7-16(22)21(29-20)28-18-5-3-2-4-17(18)23/h6-11,17-18H,2-5,23H2,1H3,(H2,24,31)(H2,27,28,29)/t17-,18?/m0/s1. The molecular formula is C21H25FN8O. The number of aromatic nitrogens is 4. The molecule has 0 radical (unpaired) electrons. The van der Waals surface area contributed by atoms with Gasteiger partial charge in [0.05, 0.1) is 23.6 Å². The van der Waals surface area contributed by atoms with Gasteiger partial charge in [-0.15, -0.1) is 0 Å². The molecule has 162 valence electrons. The van der Waals surface area contributed by atoms with Crippen LogP contribution < -0.4 is 22.1 Å². The summed E-state index contributed by atoms with van der Waals surface area (Å²) in [5.41, 5.74) is 13.9. The maximum absolute atomic E-state index is 14.7. The zero-order valence-electron chi connectivity index (χ0n) is 17.2. The Hall–Kier alpha value is -3.53. The number of halogens is 1. The topological polar surface area (TPSA) is 137 Å². The predicted molar refractivity (Wildman–Crippen MR) is 116 cm³/mol. The fraction of sp³-hybridized carbons (Fsp3) is 0.333. The summed E-state index contributed by atoms with van der Waals surface area (Å²) in [6, 6.07) is 2.76. The first-order chi connectivity index (χ1) is 14.9. The first-order valence-corrected chi connectivity index (χ1v) is 10.1. The summed E-state index contributed by atoms with van der Waals surface area (Å²) in [5.74, 6) is -1.26. The van der Waals surface area contributed by atoms with Crippen LogP contribution >= 0.6 is 0 Å². The summed E-state index contributed by atoms with van der Waals surface area (Å²) >= 11 is 0. The molecule has 0 bridgehead atoms. The number of nitrogens with zero attached hydrogens (tertiary/aromatic N) is 4. The number of carbonyl (C=O) groups excluding carboxylic acids is 1. The van der Waals surface area contributed by atoms with Crippen LogP contribution in [0.2, 0.25) is 0 Å². The summed E-state index contributed by atoms with van der Waals surface area (Å²) in [6.45, 7) is 0. The summed E-state index contributed by atoms with van der Waals surface area (Å²) in [4.78, 5) is 20.5. The maximum Gasteiger partial charge on any atom is 0.252 e. The van der Waals surface area contributed by atoms with Crippen molar-refractivity contribution >= 4 is 23.2 Å². The van der Waals surface area contributed by atoms with Crippen LogP contribution in [0.15, 0.2) is 36.9 Å². The van der Waals surface area contributed by atoms with Crippen LogP contribution in [0.3, 0.4) is 0 Å². The van der Waals surface area contributed by atoms with Gasteiger partial charge in [-0.3, -0.25) is 14.5 Å². The molecule has 10 heteroatoms. The molecule has 3 aromatic rings. The number of primary amides is 1.